The lowest BCUT2D eigenvalue weighted by atomic mass is 9.95. The molecule has 0 bridgehead atoms. The van der Waals surface area contributed by atoms with E-state index in [4.69, 9.17) is 0 Å². The highest BCUT2D eigenvalue weighted by atomic mass is 79.9. The average Bonchev–Trinajstić information content (AvgIpc) is 2.77. The third kappa shape index (κ3) is 3.29. The summed E-state index contributed by atoms with van der Waals surface area (Å²) in [6.45, 7) is 6.56. The van der Waals surface area contributed by atoms with Gasteiger partial charge in [-0.25, -0.2) is 4.39 Å². The fourth-order valence-corrected chi connectivity index (χ4v) is 4.62. The van der Waals surface area contributed by atoms with Crippen molar-refractivity contribution in [2.75, 3.05) is 0 Å². The highest BCUT2D eigenvalue weighted by molar-refractivity contribution is 9.11. The molecule has 1 aromatic heterocycles. The molecule has 0 amide bonds. The summed E-state index contributed by atoms with van der Waals surface area (Å²) in [7, 11) is 0. The van der Waals surface area contributed by atoms with Gasteiger partial charge < -0.3 is 0 Å². The lowest BCUT2D eigenvalue weighted by Crippen LogP contribution is -2.07. The van der Waals surface area contributed by atoms with Gasteiger partial charge in [-0.2, -0.15) is 0 Å². The van der Waals surface area contributed by atoms with Crippen LogP contribution < -0.4 is 0 Å². The summed E-state index contributed by atoms with van der Waals surface area (Å²) in [5.41, 5.74) is 0.784. The summed E-state index contributed by atoms with van der Waals surface area (Å²) in [6.07, 6.45) is 0. The van der Waals surface area contributed by atoms with Crippen LogP contribution in [0.4, 0.5) is 4.39 Å². The predicted molar refractivity (Wildman–Crippen MR) is 87.9 cm³/mol. The Morgan fingerprint density at radius 2 is 1.84 bits per heavy atom. The van der Waals surface area contributed by atoms with Crippen molar-refractivity contribution >= 4 is 43.2 Å². The van der Waals surface area contributed by atoms with Crippen LogP contribution in [0.5, 0.6) is 0 Å². The minimum absolute atomic E-state index is 0.121. The molecule has 0 saturated carbocycles. The van der Waals surface area contributed by atoms with Gasteiger partial charge in [-0.05, 0) is 29.7 Å². The highest BCUT2D eigenvalue weighted by Gasteiger charge is 2.22. The molecule has 1 aromatic carbocycles. The van der Waals surface area contributed by atoms with Crippen molar-refractivity contribution in [1.82, 2.24) is 0 Å². The molecule has 4 heteroatoms. The summed E-state index contributed by atoms with van der Waals surface area (Å²) in [5, 5.41) is 0. The number of alkyl halides is 1. The molecule has 102 valence electrons. The largest absolute Gasteiger partial charge is 0.207 e. The number of rotatable bonds is 2. The van der Waals surface area contributed by atoms with E-state index < -0.39 is 0 Å². The minimum atomic E-state index is -0.193. The van der Waals surface area contributed by atoms with Crippen molar-refractivity contribution in [3.05, 3.63) is 55.9 Å². The van der Waals surface area contributed by atoms with Gasteiger partial charge in [0.05, 0.1) is 4.83 Å². The number of hydrogen-bond acceptors (Lipinski definition) is 1. The summed E-state index contributed by atoms with van der Waals surface area (Å²) in [4.78, 5) is 2.30. The maximum absolute atomic E-state index is 14.0. The lowest BCUT2D eigenvalue weighted by Gasteiger charge is -2.16. The van der Waals surface area contributed by atoms with Gasteiger partial charge in [-0.15, -0.1) is 11.3 Å². The van der Waals surface area contributed by atoms with Gasteiger partial charge in [0.1, 0.15) is 5.82 Å². The standard InChI is InChI=1S/C15H15Br2FS/c1-15(2,3)12-8-7-11(19-12)14(17)13-9(16)5-4-6-10(13)18/h4-8,14H,1-3H3. The van der Waals surface area contributed by atoms with E-state index in [1.807, 2.05) is 6.07 Å². The molecule has 19 heavy (non-hydrogen) atoms. The van der Waals surface area contributed by atoms with Crippen LogP contribution >= 0.6 is 43.2 Å². The molecule has 0 aliphatic heterocycles. The first-order valence-electron chi connectivity index (χ1n) is 5.99. The number of benzene rings is 1. The summed E-state index contributed by atoms with van der Waals surface area (Å²) >= 11 is 8.77. The predicted octanol–water partition coefficient (Wildman–Crippen LogP) is 6.43. The van der Waals surface area contributed by atoms with Gasteiger partial charge in [0, 0.05) is 19.8 Å². The zero-order valence-corrected chi connectivity index (χ0v) is 15.0. The van der Waals surface area contributed by atoms with Crippen molar-refractivity contribution in [2.24, 2.45) is 0 Å². The molecule has 2 rings (SSSR count). The third-order valence-corrected chi connectivity index (χ3v) is 6.39. The van der Waals surface area contributed by atoms with E-state index in [1.165, 1.54) is 10.9 Å². The quantitative estimate of drug-likeness (QED) is 0.504. The molecule has 1 unspecified atom stereocenters. The summed E-state index contributed by atoms with van der Waals surface area (Å²) in [5.74, 6) is -0.193. The van der Waals surface area contributed by atoms with E-state index >= 15 is 0 Å². The lowest BCUT2D eigenvalue weighted by molar-refractivity contribution is 0.604. The second kappa shape index (κ2) is 5.66. The molecule has 0 aliphatic rings. The van der Waals surface area contributed by atoms with Crippen LogP contribution in [0, 0.1) is 5.82 Å². The fraction of sp³-hybridized carbons (Fsp3) is 0.333. The number of hydrogen-bond donors (Lipinski definition) is 0. The second-order valence-corrected chi connectivity index (χ2v) is 8.34. The molecule has 0 saturated heterocycles. The van der Waals surface area contributed by atoms with Crippen LogP contribution in [0.1, 0.15) is 40.9 Å². The van der Waals surface area contributed by atoms with Crippen molar-refractivity contribution in [2.45, 2.75) is 31.0 Å². The molecule has 0 aliphatic carbocycles. The molecule has 0 fully saturated rings. The van der Waals surface area contributed by atoms with Crippen LogP contribution in [0.3, 0.4) is 0 Å². The van der Waals surface area contributed by atoms with E-state index in [2.05, 4.69) is 64.8 Å². The molecule has 0 N–H and O–H groups in total. The van der Waals surface area contributed by atoms with E-state index in [-0.39, 0.29) is 16.1 Å². The number of thiophene rings is 1. The topological polar surface area (TPSA) is 0 Å². The van der Waals surface area contributed by atoms with Crippen molar-refractivity contribution < 1.29 is 4.39 Å². The Labute approximate surface area is 134 Å². The molecule has 1 heterocycles. The highest BCUT2D eigenvalue weighted by Crippen LogP contribution is 2.41. The van der Waals surface area contributed by atoms with Crippen molar-refractivity contribution in [3.8, 4) is 0 Å². The monoisotopic (exact) mass is 404 g/mol. The van der Waals surface area contributed by atoms with Crippen LogP contribution in [0.15, 0.2) is 34.8 Å². The van der Waals surface area contributed by atoms with Crippen LogP contribution in [-0.4, -0.2) is 0 Å². The van der Waals surface area contributed by atoms with Gasteiger partial charge in [-0.1, -0.05) is 58.7 Å². The zero-order chi connectivity index (χ0) is 14.2. The van der Waals surface area contributed by atoms with Crippen LogP contribution in [0.2, 0.25) is 0 Å². The molecule has 0 radical (unpaired) electrons. The van der Waals surface area contributed by atoms with E-state index in [9.17, 15) is 4.39 Å². The first kappa shape index (κ1) is 15.2. The average molecular weight is 406 g/mol. The Kier molecular flexibility index (Phi) is 4.53. The zero-order valence-electron chi connectivity index (χ0n) is 11.0. The Morgan fingerprint density at radius 3 is 2.37 bits per heavy atom. The SMILES string of the molecule is CC(C)(C)c1ccc(C(Br)c2c(F)cccc2Br)s1. The van der Waals surface area contributed by atoms with E-state index in [0.29, 0.717) is 5.56 Å². The Bertz CT molecular complexity index is 564. The van der Waals surface area contributed by atoms with Crippen molar-refractivity contribution in [3.63, 3.8) is 0 Å². The van der Waals surface area contributed by atoms with Gasteiger partial charge in [-0.3, -0.25) is 0 Å². The molecule has 0 nitrogen and oxygen atoms in total. The first-order valence-corrected chi connectivity index (χ1v) is 8.51. The summed E-state index contributed by atoms with van der Waals surface area (Å²) < 4.78 is 14.8. The molecule has 2 aromatic rings. The van der Waals surface area contributed by atoms with Crippen LogP contribution in [0.25, 0.3) is 0 Å². The Morgan fingerprint density at radius 1 is 1.16 bits per heavy atom. The Balaban J connectivity index is 2.40. The number of halogens is 3. The van der Waals surface area contributed by atoms with Gasteiger partial charge in [0.2, 0.25) is 0 Å². The van der Waals surface area contributed by atoms with Gasteiger partial charge >= 0.3 is 0 Å². The second-order valence-electron chi connectivity index (χ2n) is 5.45. The maximum Gasteiger partial charge on any atom is 0.129 e. The van der Waals surface area contributed by atoms with E-state index in [1.54, 1.807) is 17.4 Å². The molecule has 0 spiro atoms. The fourth-order valence-electron chi connectivity index (χ4n) is 1.79. The van der Waals surface area contributed by atoms with Gasteiger partial charge in [0.15, 0.2) is 0 Å². The summed E-state index contributed by atoms with van der Waals surface area (Å²) in [6, 6.07) is 9.27. The smallest absolute Gasteiger partial charge is 0.129 e. The molecular weight excluding hydrogens is 391 g/mol. The normalized spacial score (nSPS) is 13.6. The third-order valence-electron chi connectivity index (χ3n) is 2.87. The molecular formula is C15H15Br2FS. The Hall–Kier alpha value is -0.190. The van der Waals surface area contributed by atoms with Gasteiger partial charge in [0.25, 0.3) is 0 Å². The molecule has 1 atom stereocenters. The first-order chi connectivity index (χ1) is 8.80. The minimum Gasteiger partial charge on any atom is -0.207 e. The van der Waals surface area contributed by atoms with Crippen LogP contribution in [-0.2, 0) is 5.41 Å². The van der Waals surface area contributed by atoms with Crippen molar-refractivity contribution in [1.29, 1.82) is 0 Å². The maximum atomic E-state index is 14.0. The van der Waals surface area contributed by atoms with E-state index in [0.717, 1.165) is 9.35 Å².